The summed E-state index contributed by atoms with van der Waals surface area (Å²) < 4.78 is 18.3. The molecule has 1 fully saturated rings. The average Bonchev–Trinajstić information content (AvgIpc) is 3.49. The van der Waals surface area contributed by atoms with Crippen molar-refractivity contribution in [2.75, 3.05) is 13.1 Å². The first kappa shape index (κ1) is 22.5. The molecule has 0 spiro atoms. The Kier molecular flexibility index (Phi) is 5.28. The fraction of sp³-hybridized carbons (Fsp3) is 0.259. The molecule has 1 aliphatic rings. The van der Waals surface area contributed by atoms with Gasteiger partial charge >= 0.3 is 0 Å². The van der Waals surface area contributed by atoms with Crippen LogP contribution in [0.2, 0.25) is 0 Å². The zero-order chi connectivity index (χ0) is 25.0. The van der Waals surface area contributed by atoms with Gasteiger partial charge in [-0.15, -0.1) is 0 Å². The number of halogens is 1. The fourth-order valence-corrected chi connectivity index (χ4v) is 4.69. The molecule has 0 aliphatic carbocycles. The van der Waals surface area contributed by atoms with Gasteiger partial charge in [-0.1, -0.05) is 12.2 Å². The highest BCUT2D eigenvalue weighted by Crippen LogP contribution is 2.33. The van der Waals surface area contributed by atoms with E-state index in [-0.39, 0.29) is 11.5 Å². The Labute approximate surface area is 202 Å². The van der Waals surface area contributed by atoms with Crippen molar-refractivity contribution in [3.63, 3.8) is 0 Å². The molecule has 0 saturated carbocycles. The number of carbonyl (C=O) groups excluding carboxylic acids is 1. The molecule has 7 nitrogen and oxygen atoms in total. The van der Waals surface area contributed by atoms with Crippen LogP contribution < -0.4 is 0 Å². The molecule has 1 saturated heterocycles. The summed E-state index contributed by atoms with van der Waals surface area (Å²) in [6.07, 6.45) is 0.773. The maximum atomic E-state index is 14.6. The average molecular weight is 469 g/mol. The Balaban J connectivity index is 1.76. The quantitative estimate of drug-likeness (QED) is 0.406. The van der Waals surface area contributed by atoms with E-state index < -0.39 is 5.82 Å². The first-order chi connectivity index (χ1) is 16.7. The number of hydrogen-bond acceptors (Lipinski definition) is 4. The Morgan fingerprint density at radius 3 is 2.60 bits per heavy atom. The van der Waals surface area contributed by atoms with E-state index in [1.165, 1.54) is 12.1 Å². The molecular formula is C27H25FN6O. The standard InChI is InChI=1S/C27H25FN6O/c1-15-8-9-33(14-15)27(35)25-18(4)34(26(30-25)19-6-7-20(13-29)22(28)11-19)24-12-21-17(3)32(5)31-23(21)10-16(24)2/h6-7,10-12H,1,8-9,14H2,2-5H3. The third kappa shape index (κ3) is 3.60. The van der Waals surface area contributed by atoms with Crippen molar-refractivity contribution in [2.45, 2.75) is 27.2 Å². The molecule has 3 heterocycles. The van der Waals surface area contributed by atoms with Gasteiger partial charge in [0, 0.05) is 36.8 Å². The second-order valence-corrected chi connectivity index (χ2v) is 9.10. The molecule has 0 atom stereocenters. The molecular weight excluding hydrogens is 443 g/mol. The smallest absolute Gasteiger partial charge is 0.274 e. The monoisotopic (exact) mass is 468 g/mol. The van der Waals surface area contributed by atoms with Gasteiger partial charge in [0.15, 0.2) is 0 Å². The van der Waals surface area contributed by atoms with Crippen LogP contribution in [-0.4, -0.2) is 43.2 Å². The number of carbonyl (C=O) groups is 1. The number of nitriles is 1. The fourth-order valence-electron chi connectivity index (χ4n) is 4.69. The van der Waals surface area contributed by atoms with Crippen LogP contribution in [0.4, 0.5) is 4.39 Å². The van der Waals surface area contributed by atoms with E-state index in [2.05, 4.69) is 11.7 Å². The maximum Gasteiger partial charge on any atom is 0.274 e. The number of benzene rings is 2. The van der Waals surface area contributed by atoms with Gasteiger partial charge in [-0.2, -0.15) is 10.4 Å². The van der Waals surface area contributed by atoms with Crippen LogP contribution in [0.25, 0.3) is 28.0 Å². The van der Waals surface area contributed by atoms with E-state index in [0.717, 1.165) is 39.8 Å². The van der Waals surface area contributed by atoms with E-state index in [9.17, 15) is 9.18 Å². The lowest BCUT2D eigenvalue weighted by atomic mass is 10.1. The van der Waals surface area contributed by atoms with Gasteiger partial charge in [-0.3, -0.25) is 14.0 Å². The van der Waals surface area contributed by atoms with Crippen LogP contribution in [0.1, 0.15) is 39.4 Å². The number of hydrogen-bond donors (Lipinski definition) is 0. The van der Waals surface area contributed by atoms with Crippen molar-refractivity contribution in [3.05, 3.63) is 76.5 Å². The van der Waals surface area contributed by atoms with Gasteiger partial charge < -0.3 is 4.90 Å². The van der Waals surface area contributed by atoms with E-state index in [0.29, 0.717) is 35.9 Å². The van der Waals surface area contributed by atoms with Crippen molar-refractivity contribution >= 4 is 16.8 Å². The highest BCUT2D eigenvalue weighted by molar-refractivity contribution is 5.95. The molecule has 176 valence electrons. The van der Waals surface area contributed by atoms with Crippen molar-refractivity contribution in [3.8, 4) is 23.1 Å². The lowest BCUT2D eigenvalue weighted by Gasteiger charge is -2.15. The van der Waals surface area contributed by atoms with Gasteiger partial charge in [-0.05, 0) is 63.1 Å². The normalized spacial score (nSPS) is 13.6. The van der Waals surface area contributed by atoms with E-state index in [4.69, 9.17) is 10.2 Å². The van der Waals surface area contributed by atoms with Crippen molar-refractivity contribution in [1.82, 2.24) is 24.2 Å². The lowest BCUT2D eigenvalue weighted by Crippen LogP contribution is -2.28. The summed E-state index contributed by atoms with van der Waals surface area (Å²) in [5.41, 5.74) is 6.11. The number of aryl methyl sites for hydroxylation is 3. The molecule has 2 aromatic heterocycles. The molecule has 0 bridgehead atoms. The van der Waals surface area contributed by atoms with E-state index >= 15 is 0 Å². The van der Waals surface area contributed by atoms with Crippen LogP contribution in [0.15, 0.2) is 42.5 Å². The Morgan fingerprint density at radius 1 is 1.17 bits per heavy atom. The van der Waals surface area contributed by atoms with Crippen LogP contribution in [0, 0.1) is 37.9 Å². The van der Waals surface area contributed by atoms with E-state index in [1.54, 1.807) is 11.0 Å². The van der Waals surface area contributed by atoms with Crippen LogP contribution in [-0.2, 0) is 7.05 Å². The molecule has 5 rings (SSSR count). The minimum absolute atomic E-state index is 0.0426. The number of likely N-dealkylation sites (tertiary alicyclic amines) is 1. The van der Waals surface area contributed by atoms with E-state index in [1.807, 2.05) is 55.3 Å². The van der Waals surface area contributed by atoms with Gasteiger partial charge in [-0.25, -0.2) is 9.37 Å². The zero-order valence-corrected chi connectivity index (χ0v) is 20.2. The number of nitrogens with zero attached hydrogens (tertiary/aromatic N) is 6. The number of aromatic nitrogens is 4. The summed E-state index contributed by atoms with van der Waals surface area (Å²) in [6, 6.07) is 10.3. The summed E-state index contributed by atoms with van der Waals surface area (Å²) in [7, 11) is 1.90. The van der Waals surface area contributed by atoms with Gasteiger partial charge in [0.25, 0.3) is 5.91 Å². The highest BCUT2D eigenvalue weighted by atomic mass is 19.1. The van der Waals surface area contributed by atoms with Gasteiger partial charge in [0.1, 0.15) is 23.4 Å². The number of imidazole rings is 1. The van der Waals surface area contributed by atoms with Gasteiger partial charge in [0.05, 0.1) is 22.5 Å². The predicted molar refractivity (Wildman–Crippen MR) is 132 cm³/mol. The molecule has 35 heavy (non-hydrogen) atoms. The number of rotatable bonds is 3. The molecule has 2 aromatic carbocycles. The number of amides is 1. The van der Waals surface area contributed by atoms with Crippen LogP contribution in [0.5, 0.6) is 0 Å². The molecule has 1 aliphatic heterocycles. The Morgan fingerprint density at radius 2 is 1.94 bits per heavy atom. The van der Waals surface area contributed by atoms with Crippen LogP contribution >= 0.6 is 0 Å². The van der Waals surface area contributed by atoms with Gasteiger partial charge in [0.2, 0.25) is 0 Å². The minimum Gasteiger partial charge on any atom is -0.333 e. The first-order valence-corrected chi connectivity index (χ1v) is 11.4. The largest absolute Gasteiger partial charge is 0.333 e. The summed E-state index contributed by atoms with van der Waals surface area (Å²) in [6.45, 7) is 10.9. The molecule has 1 amide bonds. The molecule has 4 aromatic rings. The third-order valence-electron chi connectivity index (χ3n) is 6.78. The van der Waals surface area contributed by atoms with Crippen molar-refractivity contribution < 1.29 is 9.18 Å². The Bertz CT molecular complexity index is 1590. The number of fused-ring (bicyclic) bond motifs is 1. The summed E-state index contributed by atoms with van der Waals surface area (Å²) in [4.78, 5) is 19.9. The first-order valence-electron chi connectivity index (χ1n) is 11.4. The SMILES string of the molecule is C=C1CCN(C(=O)c2nc(-c3ccc(C#N)c(F)c3)n(-c3cc4c(C)n(C)nc4cc3C)c2C)C1. The zero-order valence-electron chi connectivity index (χ0n) is 20.2. The van der Waals surface area contributed by atoms with Crippen molar-refractivity contribution in [1.29, 1.82) is 5.26 Å². The van der Waals surface area contributed by atoms with Crippen LogP contribution in [0.3, 0.4) is 0 Å². The molecule has 0 unspecified atom stereocenters. The lowest BCUT2D eigenvalue weighted by molar-refractivity contribution is 0.0790. The topological polar surface area (TPSA) is 79.7 Å². The van der Waals surface area contributed by atoms with Crippen molar-refractivity contribution in [2.24, 2.45) is 7.05 Å². The maximum absolute atomic E-state index is 14.6. The summed E-state index contributed by atoms with van der Waals surface area (Å²) in [5.74, 6) is -0.362. The Hall–Kier alpha value is -4.25. The third-order valence-corrected chi connectivity index (χ3v) is 6.78. The minimum atomic E-state index is -0.629. The molecule has 0 radical (unpaired) electrons. The molecule has 0 N–H and O–H groups in total. The summed E-state index contributed by atoms with van der Waals surface area (Å²) >= 11 is 0. The predicted octanol–water partition coefficient (Wildman–Crippen LogP) is 4.76. The second kappa shape index (κ2) is 8.20. The second-order valence-electron chi connectivity index (χ2n) is 9.10. The molecule has 8 heteroatoms. The highest BCUT2D eigenvalue weighted by Gasteiger charge is 2.29. The summed E-state index contributed by atoms with van der Waals surface area (Å²) in [5, 5.41) is 14.7.